The van der Waals surface area contributed by atoms with E-state index in [4.69, 9.17) is 32.9 Å². The molecule has 0 aliphatic carbocycles. The molecule has 0 fully saturated rings. The molecule has 2 heterocycles. The summed E-state index contributed by atoms with van der Waals surface area (Å²) in [6, 6.07) is 13.1. The smallest absolute Gasteiger partial charge is 0.159 e. The quantitative estimate of drug-likeness (QED) is 0.484. The van der Waals surface area contributed by atoms with Gasteiger partial charge in [-0.05, 0) is 36.4 Å². The van der Waals surface area contributed by atoms with E-state index in [0.717, 1.165) is 60.5 Å². The average Bonchev–Trinajstić information content (AvgIpc) is 2.77. The van der Waals surface area contributed by atoms with Crippen LogP contribution in [0, 0.1) is 0 Å². The molecule has 7 heteroatoms. The maximum atomic E-state index is 10.6. The number of carbonyl (C=O) groups is 1. The lowest BCUT2D eigenvalue weighted by Crippen LogP contribution is -2.32. The third-order valence-corrected chi connectivity index (χ3v) is 5.84. The number of nitrogens with zero attached hydrogens (tertiary/aromatic N) is 3. The number of benzene rings is 2. The number of aromatic nitrogens is 2. The van der Waals surface area contributed by atoms with Gasteiger partial charge in [0.1, 0.15) is 18.6 Å². The van der Waals surface area contributed by atoms with Crippen molar-refractivity contribution in [3.63, 3.8) is 0 Å². The molecular weight excluding hydrogens is 421 g/mol. The number of fused-ring (bicyclic) bond motifs is 1. The Kier molecular flexibility index (Phi) is 6.62. The molecule has 1 aliphatic heterocycles. The van der Waals surface area contributed by atoms with Gasteiger partial charge in [0.25, 0.3) is 0 Å². The summed E-state index contributed by atoms with van der Waals surface area (Å²) in [5.41, 5.74) is 3.91. The Bertz CT molecular complexity index is 1020. The lowest BCUT2D eigenvalue weighted by atomic mass is 10.1. The average molecular weight is 442 g/mol. The minimum atomic E-state index is 0.299. The number of halogens is 2. The Hall–Kier alpha value is -2.47. The summed E-state index contributed by atoms with van der Waals surface area (Å²) in [5, 5.41) is 1.18. The Balaban J connectivity index is 1.42. The fourth-order valence-electron chi connectivity index (χ4n) is 3.47. The van der Waals surface area contributed by atoms with E-state index < -0.39 is 0 Å². The van der Waals surface area contributed by atoms with E-state index in [1.54, 1.807) is 12.1 Å². The minimum Gasteiger partial charge on any atom is -0.489 e. The summed E-state index contributed by atoms with van der Waals surface area (Å²) in [7, 11) is 0. The van der Waals surface area contributed by atoms with E-state index >= 15 is 0 Å². The van der Waals surface area contributed by atoms with Crippen LogP contribution in [0.5, 0.6) is 5.75 Å². The van der Waals surface area contributed by atoms with Gasteiger partial charge in [-0.15, -0.1) is 0 Å². The minimum absolute atomic E-state index is 0.299. The molecular formula is C23H21Cl2N3O2. The van der Waals surface area contributed by atoms with Gasteiger partial charge >= 0.3 is 0 Å². The molecule has 0 amide bonds. The van der Waals surface area contributed by atoms with Gasteiger partial charge in [-0.25, -0.2) is 9.97 Å². The van der Waals surface area contributed by atoms with Gasteiger partial charge in [0, 0.05) is 65.4 Å². The van der Waals surface area contributed by atoms with Crippen LogP contribution in [-0.4, -0.2) is 34.2 Å². The Morgan fingerprint density at radius 3 is 2.60 bits per heavy atom. The van der Waals surface area contributed by atoms with E-state index in [9.17, 15) is 4.79 Å². The molecule has 0 saturated heterocycles. The first-order chi connectivity index (χ1) is 14.6. The first kappa shape index (κ1) is 20.8. The van der Waals surface area contributed by atoms with E-state index in [0.29, 0.717) is 28.9 Å². The molecule has 0 atom stereocenters. The molecule has 1 aromatic heterocycles. The predicted octanol–water partition coefficient (Wildman–Crippen LogP) is 4.98. The fourth-order valence-corrected chi connectivity index (χ4v) is 3.97. The van der Waals surface area contributed by atoms with E-state index in [2.05, 4.69) is 9.88 Å². The summed E-state index contributed by atoms with van der Waals surface area (Å²) in [6.45, 7) is 2.79. The highest BCUT2D eigenvalue weighted by Gasteiger charge is 2.18. The van der Waals surface area contributed by atoms with Gasteiger partial charge in [0.15, 0.2) is 5.82 Å². The zero-order chi connectivity index (χ0) is 20.9. The molecule has 0 N–H and O–H groups in total. The maximum Gasteiger partial charge on any atom is 0.159 e. The van der Waals surface area contributed by atoms with Gasteiger partial charge in [0.2, 0.25) is 0 Å². The Morgan fingerprint density at radius 2 is 1.87 bits per heavy atom. The second-order valence-corrected chi connectivity index (χ2v) is 7.97. The summed E-state index contributed by atoms with van der Waals surface area (Å²) in [5.74, 6) is 1.43. The van der Waals surface area contributed by atoms with Crippen LogP contribution in [0.25, 0.3) is 11.4 Å². The van der Waals surface area contributed by atoms with Gasteiger partial charge in [-0.1, -0.05) is 29.3 Å². The van der Waals surface area contributed by atoms with E-state index in [1.165, 1.54) is 0 Å². The largest absolute Gasteiger partial charge is 0.489 e. The van der Waals surface area contributed by atoms with Crippen molar-refractivity contribution >= 4 is 29.5 Å². The number of ether oxygens (including phenoxy) is 1. The summed E-state index contributed by atoms with van der Waals surface area (Å²) in [6.07, 6.45) is 4.29. The van der Waals surface area contributed by atoms with Crippen LogP contribution in [0.2, 0.25) is 10.0 Å². The van der Waals surface area contributed by atoms with Crippen molar-refractivity contribution in [2.24, 2.45) is 0 Å². The molecule has 0 spiro atoms. The monoisotopic (exact) mass is 441 g/mol. The second-order valence-electron chi connectivity index (χ2n) is 7.16. The van der Waals surface area contributed by atoms with Gasteiger partial charge < -0.3 is 9.53 Å². The van der Waals surface area contributed by atoms with Crippen LogP contribution < -0.4 is 4.74 Å². The molecule has 0 unspecified atom stereocenters. The van der Waals surface area contributed by atoms with Crippen molar-refractivity contribution in [2.75, 3.05) is 13.1 Å². The summed E-state index contributed by atoms with van der Waals surface area (Å²) >= 11 is 12.4. The molecule has 1 aliphatic rings. The van der Waals surface area contributed by atoms with Crippen molar-refractivity contribution in [1.82, 2.24) is 14.9 Å². The Morgan fingerprint density at radius 1 is 1.10 bits per heavy atom. The van der Waals surface area contributed by atoms with Gasteiger partial charge in [-0.3, -0.25) is 4.90 Å². The highest BCUT2D eigenvalue weighted by atomic mass is 35.5. The lowest BCUT2D eigenvalue weighted by Gasteiger charge is -2.27. The fraction of sp³-hybridized carbons (Fsp3) is 0.261. The van der Waals surface area contributed by atoms with Gasteiger partial charge in [-0.2, -0.15) is 0 Å². The predicted molar refractivity (Wildman–Crippen MR) is 118 cm³/mol. The lowest BCUT2D eigenvalue weighted by molar-refractivity contribution is -0.108. The standard InChI is InChI=1S/C23H21Cl2N3O2/c24-20-3-1-4-21(25)19(20)15-30-18-7-5-16(6-8-18)23-26-13-17-14-28(10-2-12-29)11-9-22(17)27-23/h1,3-8,12-13H,2,9-11,14-15H2. The number of carbonyl (C=O) groups excluding carboxylic acids is 1. The van der Waals surface area contributed by atoms with Crippen molar-refractivity contribution in [2.45, 2.75) is 26.0 Å². The highest BCUT2D eigenvalue weighted by Crippen LogP contribution is 2.27. The summed E-state index contributed by atoms with van der Waals surface area (Å²) in [4.78, 5) is 22.2. The van der Waals surface area contributed by atoms with Crippen molar-refractivity contribution in [1.29, 1.82) is 0 Å². The third-order valence-electron chi connectivity index (χ3n) is 5.13. The molecule has 30 heavy (non-hydrogen) atoms. The normalized spacial score (nSPS) is 13.7. The molecule has 0 bridgehead atoms. The van der Waals surface area contributed by atoms with Gasteiger partial charge in [0.05, 0.1) is 5.69 Å². The molecule has 154 valence electrons. The molecule has 0 radical (unpaired) electrons. The topological polar surface area (TPSA) is 55.3 Å². The Labute approximate surface area is 185 Å². The molecule has 5 nitrogen and oxygen atoms in total. The summed E-state index contributed by atoms with van der Waals surface area (Å²) < 4.78 is 5.84. The first-order valence-corrected chi connectivity index (χ1v) is 10.6. The molecule has 3 aromatic rings. The van der Waals surface area contributed by atoms with Crippen LogP contribution in [0.4, 0.5) is 0 Å². The molecule has 4 rings (SSSR count). The van der Waals surface area contributed by atoms with Crippen molar-refractivity contribution in [3.8, 4) is 17.1 Å². The van der Waals surface area contributed by atoms with Crippen LogP contribution in [0.1, 0.15) is 23.2 Å². The van der Waals surface area contributed by atoms with Crippen molar-refractivity contribution < 1.29 is 9.53 Å². The zero-order valence-corrected chi connectivity index (χ0v) is 17.9. The molecule has 0 saturated carbocycles. The van der Waals surface area contributed by atoms with Crippen LogP contribution in [0.15, 0.2) is 48.7 Å². The highest BCUT2D eigenvalue weighted by molar-refractivity contribution is 6.35. The first-order valence-electron chi connectivity index (χ1n) is 9.81. The number of hydrogen-bond acceptors (Lipinski definition) is 5. The third kappa shape index (κ3) is 4.81. The second kappa shape index (κ2) is 9.56. The SMILES string of the molecule is O=CCCN1CCc2nc(-c3ccc(OCc4c(Cl)cccc4Cl)cc3)ncc2C1. The number of hydrogen-bond donors (Lipinski definition) is 0. The maximum absolute atomic E-state index is 10.6. The van der Waals surface area contributed by atoms with Crippen molar-refractivity contribution in [3.05, 3.63) is 75.5 Å². The van der Waals surface area contributed by atoms with E-state index in [-0.39, 0.29) is 0 Å². The zero-order valence-electron chi connectivity index (χ0n) is 16.4. The van der Waals surface area contributed by atoms with Crippen LogP contribution in [0.3, 0.4) is 0 Å². The molecule has 2 aromatic carbocycles. The van der Waals surface area contributed by atoms with E-state index in [1.807, 2.05) is 36.5 Å². The number of aldehydes is 1. The van der Waals surface area contributed by atoms with Crippen LogP contribution >= 0.6 is 23.2 Å². The van der Waals surface area contributed by atoms with Crippen LogP contribution in [-0.2, 0) is 24.4 Å². The number of rotatable bonds is 7.